The number of nitrogens with zero attached hydrogens (tertiary/aromatic N) is 2. The van der Waals surface area contributed by atoms with Crippen LogP contribution in [0.3, 0.4) is 0 Å². The molecule has 2 heterocycles. The minimum absolute atomic E-state index is 0.826. The van der Waals surface area contributed by atoms with Gasteiger partial charge in [0.25, 0.3) is 0 Å². The summed E-state index contributed by atoms with van der Waals surface area (Å²) in [5, 5.41) is 0. The van der Waals surface area contributed by atoms with E-state index in [4.69, 9.17) is 4.74 Å². The molecule has 0 aliphatic heterocycles. The van der Waals surface area contributed by atoms with Crippen molar-refractivity contribution < 1.29 is 4.74 Å². The quantitative estimate of drug-likeness (QED) is 0.745. The van der Waals surface area contributed by atoms with Gasteiger partial charge in [-0.3, -0.25) is 0 Å². The Morgan fingerprint density at radius 3 is 3.00 bits per heavy atom. The Labute approximate surface area is 78.1 Å². The molecule has 4 heteroatoms. The number of pyridine rings is 1. The van der Waals surface area contributed by atoms with Crippen LogP contribution in [0.2, 0.25) is 0 Å². The van der Waals surface area contributed by atoms with Gasteiger partial charge in [-0.15, -0.1) is 0 Å². The average molecular weight is 227 g/mol. The van der Waals surface area contributed by atoms with Crippen molar-refractivity contribution in [2.24, 2.45) is 0 Å². The van der Waals surface area contributed by atoms with Crippen LogP contribution < -0.4 is 4.74 Å². The molecule has 2 aromatic rings. The van der Waals surface area contributed by atoms with Gasteiger partial charge in [0.05, 0.1) is 13.3 Å². The second kappa shape index (κ2) is 2.79. The minimum atomic E-state index is 0.826. The molecule has 0 bridgehead atoms. The van der Waals surface area contributed by atoms with E-state index in [-0.39, 0.29) is 0 Å². The first-order valence-corrected chi connectivity index (χ1v) is 4.27. The van der Waals surface area contributed by atoms with Gasteiger partial charge in [0.2, 0.25) is 0 Å². The fraction of sp³-hybridized carbons (Fsp3) is 0.125. The normalized spacial score (nSPS) is 10.5. The number of fused-ring (bicyclic) bond motifs is 1. The van der Waals surface area contributed by atoms with Crippen LogP contribution in [0, 0.1) is 0 Å². The third kappa shape index (κ3) is 1.18. The van der Waals surface area contributed by atoms with Gasteiger partial charge in [-0.25, -0.2) is 4.98 Å². The number of methoxy groups -OCH3 is 1. The lowest BCUT2D eigenvalue weighted by Gasteiger charge is -1.98. The van der Waals surface area contributed by atoms with Gasteiger partial charge in [0.15, 0.2) is 0 Å². The Kier molecular flexibility index (Phi) is 1.77. The third-order valence-electron chi connectivity index (χ3n) is 1.63. The number of aromatic nitrogens is 2. The molecule has 0 N–H and O–H groups in total. The zero-order valence-corrected chi connectivity index (χ0v) is 8.08. The molecular formula is C8H7BrN2O. The first-order valence-electron chi connectivity index (χ1n) is 3.48. The summed E-state index contributed by atoms with van der Waals surface area (Å²) in [6.45, 7) is 0. The van der Waals surface area contributed by atoms with Crippen molar-refractivity contribution in [3.8, 4) is 5.75 Å². The SMILES string of the molecule is COc1ccc2nc(Br)cn2c1. The molecule has 0 aliphatic carbocycles. The van der Waals surface area contributed by atoms with E-state index in [1.165, 1.54) is 0 Å². The molecule has 3 nitrogen and oxygen atoms in total. The van der Waals surface area contributed by atoms with Crippen LogP contribution >= 0.6 is 15.9 Å². The van der Waals surface area contributed by atoms with Crippen LogP contribution in [0.15, 0.2) is 29.1 Å². The van der Waals surface area contributed by atoms with E-state index >= 15 is 0 Å². The highest BCUT2D eigenvalue weighted by atomic mass is 79.9. The zero-order chi connectivity index (χ0) is 8.55. The second-order valence-corrected chi connectivity index (χ2v) is 3.21. The van der Waals surface area contributed by atoms with Crippen molar-refractivity contribution >= 4 is 21.6 Å². The van der Waals surface area contributed by atoms with E-state index in [2.05, 4.69) is 20.9 Å². The number of halogens is 1. The third-order valence-corrected chi connectivity index (χ3v) is 2.01. The average Bonchev–Trinajstić information content (AvgIpc) is 2.43. The van der Waals surface area contributed by atoms with Crippen molar-refractivity contribution in [3.63, 3.8) is 0 Å². The maximum atomic E-state index is 5.07. The lowest BCUT2D eigenvalue weighted by atomic mass is 10.4. The van der Waals surface area contributed by atoms with E-state index < -0.39 is 0 Å². The van der Waals surface area contributed by atoms with Crippen LogP contribution in [0.5, 0.6) is 5.75 Å². The van der Waals surface area contributed by atoms with Crippen molar-refractivity contribution in [1.82, 2.24) is 9.38 Å². The topological polar surface area (TPSA) is 26.5 Å². The maximum Gasteiger partial charge on any atom is 0.138 e. The summed E-state index contributed by atoms with van der Waals surface area (Å²) in [4.78, 5) is 4.21. The Bertz CT molecular complexity index is 410. The molecule has 2 rings (SSSR count). The Balaban J connectivity index is 2.66. The molecule has 0 unspecified atom stereocenters. The fourth-order valence-electron chi connectivity index (χ4n) is 1.06. The minimum Gasteiger partial charge on any atom is -0.495 e. The lowest BCUT2D eigenvalue weighted by Crippen LogP contribution is -1.86. The van der Waals surface area contributed by atoms with E-state index in [1.54, 1.807) is 7.11 Å². The molecule has 2 aromatic heterocycles. The van der Waals surface area contributed by atoms with Gasteiger partial charge in [0, 0.05) is 6.20 Å². The summed E-state index contributed by atoms with van der Waals surface area (Å²) < 4.78 is 7.80. The van der Waals surface area contributed by atoms with Crippen molar-refractivity contribution in [3.05, 3.63) is 29.1 Å². The second-order valence-electron chi connectivity index (χ2n) is 2.40. The van der Waals surface area contributed by atoms with Gasteiger partial charge < -0.3 is 9.14 Å². The first-order chi connectivity index (χ1) is 5.79. The highest BCUT2D eigenvalue weighted by Gasteiger charge is 1.98. The summed E-state index contributed by atoms with van der Waals surface area (Å²) >= 11 is 3.30. The summed E-state index contributed by atoms with van der Waals surface area (Å²) in [6.07, 6.45) is 3.77. The monoisotopic (exact) mass is 226 g/mol. The maximum absolute atomic E-state index is 5.07. The van der Waals surface area contributed by atoms with Gasteiger partial charge in [0.1, 0.15) is 16.0 Å². The highest BCUT2D eigenvalue weighted by molar-refractivity contribution is 9.10. The number of ether oxygens (including phenoxy) is 1. The van der Waals surface area contributed by atoms with Crippen LogP contribution in [-0.4, -0.2) is 16.5 Å². The molecule has 0 saturated heterocycles. The summed E-state index contributed by atoms with van der Waals surface area (Å²) in [6, 6.07) is 3.79. The standard InChI is InChI=1S/C8H7BrN2O/c1-12-6-2-3-8-10-7(9)5-11(8)4-6/h2-5H,1H3. The van der Waals surface area contributed by atoms with Crippen LogP contribution in [0.4, 0.5) is 0 Å². The summed E-state index contributed by atoms with van der Waals surface area (Å²) in [5.74, 6) is 0.826. The summed E-state index contributed by atoms with van der Waals surface area (Å²) in [5.41, 5.74) is 0.905. The molecule has 0 atom stereocenters. The van der Waals surface area contributed by atoms with Crippen LogP contribution in [0.25, 0.3) is 5.65 Å². The van der Waals surface area contributed by atoms with E-state index in [9.17, 15) is 0 Å². The molecule has 62 valence electrons. The molecule has 0 spiro atoms. The number of imidazole rings is 1. The van der Waals surface area contributed by atoms with Crippen molar-refractivity contribution in [1.29, 1.82) is 0 Å². The highest BCUT2D eigenvalue weighted by Crippen LogP contribution is 2.15. The fourth-order valence-corrected chi connectivity index (χ4v) is 1.46. The lowest BCUT2D eigenvalue weighted by molar-refractivity contribution is 0.412. The Hall–Kier alpha value is -1.03. The van der Waals surface area contributed by atoms with E-state index in [0.717, 1.165) is 16.0 Å². The van der Waals surface area contributed by atoms with Gasteiger partial charge in [-0.05, 0) is 28.1 Å². The molecule has 0 saturated carbocycles. The predicted molar refractivity (Wildman–Crippen MR) is 49.4 cm³/mol. The van der Waals surface area contributed by atoms with Gasteiger partial charge in [-0.2, -0.15) is 0 Å². The number of hydrogen-bond acceptors (Lipinski definition) is 2. The van der Waals surface area contributed by atoms with Crippen LogP contribution in [0.1, 0.15) is 0 Å². The van der Waals surface area contributed by atoms with Gasteiger partial charge >= 0.3 is 0 Å². The van der Waals surface area contributed by atoms with Crippen LogP contribution in [-0.2, 0) is 0 Å². The Morgan fingerprint density at radius 1 is 1.42 bits per heavy atom. The van der Waals surface area contributed by atoms with Crippen molar-refractivity contribution in [2.45, 2.75) is 0 Å². The molecule has 0 radical (unpaired) electrons. The Morgan fingerprint density at radius 2 is 2.25 bits per heavy atom. The smallest absolute Gasteiger partial charge is 0.138 e. The zero-order valence-electron chi connectivity index (χ0n) is 6.49. The molecule has 0 fully saturated rings. The molecule has 0 aromatic carbocycles. The van der Waals surface area contributed by atoms with E-state index in [1.807, 2.05) is 28.9 Å². The molecule has 0 amide bonds. The molecule has 0 aliphatic rings. The number of hydrogen-bond donors (Lipinski definition) is 0. The first kappa shape index (κ1) is 7.61. The molecule has 12 heavy (non-hydrogen) atoms. The predicted octanol–water partition coefficient (Wildman–Crippen LogP) is 2.11. The van der Waals surface area contributed by atoms with Gasteiger partial charge in [-0.1, -0.05) is 0 Å². The molecular weight excluding hydrogens is 220 g/mol. The van der Waals surface area contributed by atoms with E-state index in [0.29, 0.717) is 0 Å². The van der Waals surface area contributed by atoms with Crippen molar-refractivity contribution in [2.75, 3.05) is 7.11 Å². The summed E-state index contributed by atoms with van der Waals surface area (Å²) in [7, 11) is 1.65. The largest absolute Gasteiger partial charge is 0.495 e. The number of rotatable bonds is 1.